The van der Waals surface area contributed by atoms with Gasteiger partial charge in [-0.25, -0.2) is 0 Å². The summed E-state index contributed by atoms with van der Waals surface area (Å²) in [5, 5.41) is 2.98. The van der Waals surface area contributed by atoms with E-state index in [2.05, 4.69) is 24.4 Å². The Kier molecular flexibility index (Phi) is 3.05. The topological polar surface area (TPSA) is 29.1 Å². The molecule has 0 heterocycles. The SMILES string of the molecule is C[C@H]1C[C@@H]1C(=O)NCCc1ccccc1. The van der Waals surface area contributed by atoms with E-state index < -0.39 is 0 Å². The van der Waals surface area contributed by atoms with Gasteiger partial charge in [0.25, 0.3) is 0 Å². The fourth-order valence-corrected chi connectivity index (χ4v) is 1.79. The smallest absolute Gasteiger partial charge is 0.223 e. The number of carbonyl (C=O) groups excluding carboxylic acids is 1. The summed E-state index contributed by atoms with van der Waals surface area (Å²) in [4.78, 5) is 11.5. The maximum absolute atomic E-state index is 11.5. The average molecular weight is 203 g/mol. The highest BCUT2D eigenvalue weighted by atomic mass is 16.2. The maximum atomic E-state index is 11.5. The van der Waals surface area contributed by atoms with Crippen LogP contribution in [0.25, 0.3) is 0 Å². The summed E-state index contributed by atoms with van der Waals surface area (Å²) in [6, 6.07) is 10.2. The van der Waals surface area contributed by atoms with Crippen molar-refractivity contribution < 1.29 is 4.79 Å². The number of amides is 1. The average Bonchev–Trinajstić information content (AvgIpc) is 2.97. The second kappa shape index (κ2) is 4.47. The van der Waals surface area contributed by atoms with Crippen molar-refractivity contribution in [2.24, 2.45) is 11.8 Å². The molecule has 0 unspecified atom stereocenters. The minimum atomic E-state index is 0.235. The number of hydrogen-bond donors (Lipinski definition) is 1. The van der Waals surface area contributed by atoms with Gasteiger partial charge in [-0.2, -0.15) is 0 Å². The first-order valence-electron chi connectivity index (χ1n) is 5.59. The van der Waals surface area contributed by atoms with E-state index in [9.17, 15) is 4.79 Å². The van der Waals surface area contributed by atoms with Crippen molar-refractivity contribution >= 4 is 5.91 Å². The van der Waals surface area contributed by atoms with Gasteiger partial charge in [0.05, 0.1) is 0 Å². The highest BCUT2D eigenvalue weighted by Crippen LogP contribution is 2.37. The van der Waals surface area contributed by atoms with Gasteiger partial charge in [-0.1, -0.05) is 37.3 Å². The third-order valence-electron chi connectivity index (χ3n) is 3.00. The monoisotopic (exact) mass is 203 g/mol. The Hall–Kier alpha value is -1.31. The lowest BCUT2D eigenvalue weighted by molar-refractivity contribution is -0.122. The van der Waals surface area contributed by atoms with Crippen LogP contribution in [0.2, 0.25) is 0 Å². The standard InChI is InChI=1S/C13H17NO/c1-10-9-12(10)13(15)14-8-7-11-5-3-2-4-6-11/h2-6,10,12H,7-9H2,1H3,(H,14,15)/t10-,12-/m0/s1. The van der Waals surface area contributed by atoms with Crippen molar-refractivity contribution in [2.45, 2.75) is 19.8 Å². The minimum Gasteiger partial charge on any atom is -0.356 e. The first-order chi connectivity index (χ1) is 7.27. The fraction of sp³-hybridized carbons (Fsp3) is 0.462. The van der Waals surface area contributed by atoms with Gasteiger partial charge in [0, 0.05) is 12.5 Å². The molecule has 0 aliphatic heterocycles. The zero-order valence-electron chi connectivity index (χ0n) is 9.07. The van der Waals surface area contributed by atoms with Crippen molar-refractivity contribution in [3.8, 4) is 0 Å². The number of benzene rings is 1. The summed E-state index contributed by atoms with van der Waals surface area (Å²) < 4.78 is 0. The van der Waals surface area contributed by atoms with E-state index in [0.717, 1.165) is 19.4 Å². The summed E-state index contributed by atoms with van der Waals surface area (Å²) in [5.41, 5.74) is 1.28. The summed E-state index contributed by atoms with van der Waals surface area (Å²) in [6.45, 7) is 2.88. The Bertz CT molecular complexity index is 334. The van der Waals surface area contributed by atoms with Crippen LogP contribution in [0.3, 0.4) is 0 Å². The summed E-state index contributed by atoms with van der Waals surface area (Å²) in [7, 11) is 0. The summed E-state index contributed by atoms with van der Waals surface area (Å²) in [6.07, 6.45) is 1.99. The Morgan fingerprint density at radius 1 is 1.40 bits per heavy atom. The third-order valence-corrected chi connectivity index (χ3v) is 3.00. The van der Waals surface area contributed by atoms with Crippen LogP contribution >= 0.6 is 0 Å². The van der Waals surface area contributed by atoms with Gasteiger partial charge < -0.3 is 5.32 Å². The van der Waals surface area contributed by atoms with Crippen LogP contribution in [0, 0.1) is 11.8 Å². The summed E-state index contributed by atoms with van der Waals surface area (Å²) in [5.74, 6) is 1.13. The Balaban J connectivity index is 1.69. The molecule has 1 N–H and O–H groups in total. The molecule has 1 aromatic rings. The lowest BCUT2D eigenvalue weighted by Crippen LogP contribution is -2.27. The number of carbonyl (C=O) groups is 1. The zero-order chi connectivity index (χ0) is 10.7. The first kappa shape index (κ1) is 10.2. The number of hydrogen-bond acceptors (Lipinski definition) is 1. The molecule has 2 rings (SSSR count). The van der Waals surface area contributed by atoms with E-state index in [0.29, 0.717) is 11.8 Å². The van der Waals surface area contributed by atoms with Crippen LogP contribution < -0.4 is 5.32 Å². The minimum absolute atomic E-state index is 0.235. The van der Waals surface area contributed by atoms with Gasteiger partial charge in [-0.15, -0.1) is 0 Å². The van der Waals surface area contributed by atoms with E-state index in [1.807, 2.05) is 18.2 Å². The Morgan fingerprint density at radius 3 is 2.67 bits per heavy atom. The van der Waals surface area contributed by atoms with Gasteiger partial charge in [0.2, 0.25) is 5.91 Å². The molecular weight excluding hydrogens is 186 g/mol. The molecule has 0 aromatic heterocycles. The lowest BCUT2D eigenvalue weighted by atomic mass is 10.1. The van der Waals surface area contributed by atoms with E-state index >= 15 is 0 Å². The predicted molar refractivity (Wildman–Crippen MR) is 60.4 cm³/mol. The third kappa shape index (κ3) is 2.82. The van der Waals surface area contributed by atoms with E-state index in [-0.39, 0.29) is 5.91 Å². The van der Waals surface area contributed by atoms with Gasteiger partial charge in [-0.05, 0) is 24.3 Å². The van der Waals surface area contributed by atoms with Crippen molar-refractivity contribution in [2.75, 3.05) is 6.54 Å². The first-order valence-corrected chi connectivity index (χ1v) is 5.59. The zero-order valence-corrected chi connectivity index (χ0v) is 9.07. The van der Waals surface area contributed by atoms with E-state index in [1.54, 1.807) is 0 Å². The van der Waals surface area contributed by atoms with Gasteiger partial charge in [0.15, 0.2) is 0 Å². The van der Waals surface area contributed by atoms with Gasteiger partial charge >= 0.3 is 0 Å². The lowest BCUT2D eigenvalue weighted by Gasteiger charge is -2.04. The van der Waals surface area contributed by atoms with Crippen LogP contribution in [-0.4, -0.2) is 12.5 Å². The van der Waals surface area contributed by atoms with Gasteiger partial charge in [0.1, 0.15) is 0 Å². The van der Waals surface area contributed by atoms with Crippen molar-refractivity contribution in [3.63, 3.8) is 0 Å². The summed E-state index contributed by atoms with van der Waals surface area (Å²) >= 11 is 0. The van der Waals surface area contributed by atoms with E-state index in [1.165, 1.54) is 5.56 Å². The molecule has 0 radical (unpaired) electrons. The van der Waals surface area contributed by atoms with Crippen LogP contribution in [-0.2, 0) is 11.2 Å². The van der Waals surface area contributed by atoms with E-state index in [4.69, 9.17) is 0 Å². The quantitative estimate of drug-likeness (QED) is 0.796. The molecule has 0 bridgehead atoms. The number of nitrogens with one attached hydrogen (secondary N) is 1. The highest BCUT2D eigenvalue weighted by Gasteiger charge is 2.38. The fourth-order valence-electron chi connectivity index (χ4n) is 1.79. The Morgan fingerprint density at radius 2 is 2.07 bits per heavy atom. The van der Waals surface area contributed by atoms with Gasteiger partial charge in [-0.3, -0.25) is 4.79 Å². The van der Waals surface area contributed by atoms with Crippen LogP contribution in [0.4, 0.5) is 0 Å². The molecule has 1 fully saturated rings. The molecule has 1 aliphatic rings. The Labute approximate surface area is 90.7 Å². The second-order valence-corrected chi connectivity index (χ2v) is 4.35. The molecule has 1 amide bonds. The van der Waals surface area contributed by atoms with Crippen LogP contribution in [0.15, 0.2) is 30.3 Å². The molecule has 1 aliphatic carbocycles. The largest absolute Gasteiger partial charge is 0.356 e. The molecule has 1 saturated carbocycles. The van der Waals surface area contributed by atoms with Crippen LogP contribution in [0.5, 0.6) is 0 Å². The molecule has 2 nitrogen and oxygen atoms in total. The molecule has 80 valence electrons. The normalized spacial score (nSPS) is 23.5. The second-order valence-electron chi connectivity index (χ2n) is 4.35. The molecule has 0 spiro atoms. The molecule has 0 saturated heterocycles. The molecule has 15 heavy (non-hydrogen) atoms. The highest BCUT2D eigenvalue weighted by molar-refractivity contribution is 5.81. The van der Waals surface area contributed by atoms with Crippen molar-refractivity contribution in [3.05, 3.63) is 35.9 Å². The van der Waals surface area contributed by atoms with Crippen molar-refractivity contribution in [1.29, 1.82) is 0 Å². The molecular formula is C13H17NO. The van der Waals surface area contributed by atoms with Crippen LogP contribution in [0.1, 0.15) is 18.9 Å². The van der Waals surface area contributed by atoms with Crippen molar-refractivity contribution in [1.82, 2.24) is 5.32 Å². The predicted octanol–water partition coefficient (Wildman–Crippen LogP) is 2.00. The molecule has 1 aromatic carbocycles. The molecule has 2 atom stereocenters. The number of rotatable bonds is 4. The maximum Gasteiger partial charge on any atom is 0.223 e. The molecule has 2 heteroatoms.